The number of rotatable bonds is 5. The Morgan fingerprint density at radius 1 is 1.31 bits per heavy atom. The van der Waals surface area contributed by atoms with Crippen molar-refractivity contribution in [2.45, 2.75) is 6.92 Å². The summed E-state index contributed by atoms with van der Waals surface area (Å²) in [5.74, 6) is 0. The van der Waals surface area contributed by atoms with E-state index in [2.05, 4.69) is 22.7 Å². The molecule has 0 aromatic rings. The van der Waals surface area contributed by atoms with Crippen molar-refractivity contribution in [1.82, 2.24) is 10.4 Å². The summed E-state index contributed by atoms with van der Waals surface area (Å²) in [7, 11) is 0. The van der Waals surface area contributed by atoms with Gasteiger partial charge in [0.1, 0.15) is 0 Å². The quantitative estimate of drug-likeness (QED) is 0.571. The molecule has 0 atom stereocenters. The molecule has 0 spiro atoms. The molecule has 1 N–H and O–H groups in total. The van der Waals surface area contributed by atoms with Gasteiger partial charge in [0.05, 0.1) is 6.61 Å². The van der Waals surface area contributed by atoms with Crippen LogP contribution in [0.5, 0.6) is 0 Å². The van der Waals surface area contributed by atoms with E-state index in [0.29, 0.717) is 13.1 Å². The Morgan fingerprint density at radius 2 is 1.88 bits per heavy atom. The third kappa shape index (κ3) is 5.69. The Hall–Kier alpha value is -1.98. The number of hydroxylamine groups is 1. The summed E-state index contributed by atoms with van der Waals surface area (Å²) in [5, 5.41) is 0. The SMILES string of the molecule is C=CCN(CC=C)C(=O)ONC(=O)OCC. The third-order valence-electron chi connectivity index (χ3n) is 1.45. The highest BCUT2D eigenvalue weighted by Crippen LogP contribution is 1.93. The summed E-state index contributed by atoms with van der Waals surface area (Å²) >= 11 is 0. The van der Waals surface area contributed by atoms with Gasteiger partial charge in [-0.3, -0.25) is 4.90 Å². The number of nitrogens with one attached hydrogen (secondary N) is 1. The van der Waals surface area contributed by atoms with Gasteiger partial charge >= 0.3 is 12.2 Å². The second kappa shape index (κ2) is 8.34. The minimum atomic E-state index is -0.812. The fraction of sp³-hybridized carbons (Fsp3) is 0.400. The van der Waals surface area contributed by atoms with Crippen molar-refractivity contribution in [3.8, 4) is 0 Å². The standard InChI is InChI=1S/C10H16N2O4/c1-4-7-12(8-5-2)10(14)16-11-9(13)15-6-3/h4-5H,1-2,6-8H2,3H3,(H,11,13). The van der Waals surface area contributed by atoms with E-state index in [1.807, 2.05) is 5.48 Å². The largest absolute Gasteiger partial charge is 0.448 e. The van der Waals surface area contributed by atoms with Gasteiger partial charge in [0, 0.05) is 13.1 Å². The van der Waals surface area contributed by atoms with Crippen molar-refractivity contribution >= 4 is 12.2 Å². The van der Waals surface area contributed by atoms with Crippen LogP contribution in [0.4, 0.5) is 9.59 Å². The zero-order valence-corrected chi connectivity index (χ0v) is 9.27. The highest BCUT2D eigenvalue weighted by Gasteiger charge is 2.13. The normalized spacial score (nSPS) is 8.81. The first kappa shape index (κ1) is 14.0. The molecule has 0 aromatic heterocycles. The molecule has 2 amide bonds. The van der Waals surface area contributed by atoms with Crippen LogP contribution in [-0.2, 0) is 9.57 Å². The maximum Gasteiger partial charge on any atom is 0.440 e. The van der Waals surface area contributed by atoms with Crippen molar-refractivity contribution in [2.24, 2.45) is 0 Å². The van der Waals surface area contributed by atoms with E-state index >= 15 is 0 Å². The van der Waals surface area contributed by atoms with Crippen LogP contribution in [0.25, 0.3) is 0 Å². The molecule has 0 heterocycles. The molecule has 6 heteroatoms. The average molecular weight is 228 g/mol. The van der Waals surface area contributed by atoms with Crippen molar-refractivity contribution in [1.29, 1.82) is 0 Å². The predicted molar refractivity (Wildman–Crippen MR) is 58.6 cm³/mol. The number of hydrogen-bond donors (Lipinski definition) is 1. The second-order valence-corrected chi connectivity index (χ2v) is 2.67. The van der Waals surface area contributed by atoms with Crippen LogP contribution < -0.4 is 5.48 Å². The van der Waals surface area contributed by atoms with Crippen LogP contribution in [-0.4, -0.2) is 36.8 Å². The van der Waals surface area contributed by atoms with Gasteiger partial charge < -0.3 is 9.57 Å². The van der Waals surface area contributed by atoms with Gasteiger partial charge in [0.15, 0.2) is 0 Å². The zero-order valence-electron chi connectivity index (χ0n) is 9.27. The molecule has 0 aliphatic heterocycles. The lowest BCUT2D eigenvalue weighted by Crippen LogP contribution is -2.37. The minimum Gasteiger partial charge on any atom is -0.448 e. The molecule has 0 saturated heterocycles. The summed E-state index contributed by atoms with van der Waals surface area (Å²) < 4.78 is 4.51. The minimum absolute atomic E-state index is 0.201. The Kier molecular flexibility index (Phi) is 7.31. The van der Waals surface area contributed by atoms with Crippen molar-refractivity contribution in [3.63, 3.8) is 0 Å². The van der Waals surface area contributed by atoms with Crippen LogP contribution in [0.2, 0.25) is 0 Å². The predicted octanol–water partition coefficient (Wildman–Crippen LogP) is 1.46. The van der Waals surface area contributed by atoms with Crippen molar-refractivity contribution < 1.29 is 19.2 Å². The first-order valence-electron chi connectivity index (χ1n) is 4.76. The maximum absolute atomic E-state index is 11.4. The molecule has 0 saturated carbocycles. The molecule has 0 unspecified atom stereocenters. The summed E-state index contributed by atoms with van der Waals surface area (Å²) in [6, 6.07) is 0. The lowest BCUT2D eigenvalue weighted by molar-refractivity contribution is 0.0472. The molecule has 0 aliphatic rings. The number of hydrogen-bond acceptors (Lipinski definition) is 4. The molecular formula is C10H16N2O4. The fourth-order valence-electron chi connectivity index (χ4n) is 0.846. The molecule has 0 aromatic carbocycles. The number of ether oxygens (including phenoxy) is 1. The van der Waals surface area contributed by atoms with E-state index in [0.717, 1.165) is 0 Å². The second-order valence-electron chi connectivity index (χ2n) is 2.67. The lowest BCUT2D eigenvalue weighted by Gasteiger charge is -2.17. The molecule has 0 fully saturated rings. The van der Waals surface area contributed by atoms with Gasteiger partial charge in [-0.15, -0.1) is 18.6 Å². The molecule has 6 nitrogen and oxygen atoms in total. The van der Waals surface area contributed by atoms with Crippen LogP contribution in [0.1, 0.15) is 6.92 Å². The van der Waals surface area contributed by atoms with E-state index in [9.17, 15) is 9.59 Å². The zero-order chi connectivity index (χ0) is 12.4. The van der Waals surface area contributed by atoms with Crippen LogP contribution in [0.3, 0.4) is 0 Å². The maximum atomic E-state index is 11.4. The number of carbonyl (C=O) groups excluding carboxylic acids is 2. The number of amides is 2. The highest BCUT2D eigenvalue weighted by atomic mass is 16.7. The van der Waals surface area contributed by atoms with Gasteiger partial charge in [-0.2, -0.15) is 0 Å². The van der Waals surface area contributed by atoms with Crippen molar-refractivity contribution in [2.75, 3.05) is 19.7 Å². The first-order valence-corrected chi connectivity index (χ1v) is 4.76. The lowest BCUT2D eigenvalue weighted by atomic mass is 10.5. The summed E-state index contributed by atoms with van der Waals surface area (Å²) in [4.78, 5) is 28.0. The van der Waals surface area contributed by atoms with Gasteiger partial charge in [0.2, 0.25) is 0 Å². The molecule has 0 rings (SSSR count). The van der Waals surface area contributed by atoms with Gasteiger partial charge in [0.25, 0.3) is 0 Å². The molecule has 0 radical (unpaired) electrons. The third-order valence-corrected chi connectivity index (χ3v) is 1.45. The van der Waals surface area contributed by atoms with Crippen molar-refractivity contribution in [3.05, 3.63) is 25.3 Å². The van der Waals surface area contributed by atoms with Crippen LogP contribution in [0.15, 0.2) is 25.3 Å². The number of carbonyl (C=O) groups is 2. The Morgan fingerprint density at radius 3 is 2.31 bits per heavy atom. The summed E-state index contributed by atoms with van der Waals surface area (Å²) in [6.45, 7) is 9.43. The average Bonchev–Trinajstić information content (AvgIpc) is 2.26. The molecular weight excluding hydrogens is 212 g/mol. The monoisotopic (exact) mass is 228 g/mol. The van der Waals surface area contributed by atoms with E-state index in [1.165, 1.54) is 17.1 Å². The fourth-order valence-corrected chi connectivity index (χ4v) is 0.846. The molecule has 90 valence electrons. The highest BCUT2D eigenvalue weighted by molar-refractivity contribution is 5.72. The van der Waals surface area contributed by atoms with Gasteiger partial charge in [-0.05, 0) is 6.92 Å². The van der Waals surface area contributed by atoms with Crippen LogP contribution >= 0.6 is 0 Å². The summed E-state index contributed by atoms with van der Waals surface area (Å²) in [6.07, 6.45) is 1.56. The van der Waals surface area contributed by atoms with Gasteiger partial charge in [-0.1, -0.05) is 12.2 Å². The number of nitrogens with zero attached hydrogens (tertiary/aromatic N) is 1. The molecule has 16 heavy (non-hydrogen) atoms. The van der Waals surface area contributed by atoms with Crippen LogP contribution in [0, 0.1) is 0 Å². The molecule has 0 bridgehead atoms. The van der Waals surface area contributed by atoms with E-state index in [-0.39, 0.29) is 6.61 Å². The van der Waals surface area contributed by atoms with E-state index < -0.39 is 12.2 Å². The Bertz CT molecular complexity index is 256. The topological polar surface area (TPSA) is 67.9 Å². The smallest absolute Gasteiger partial charge is 0.440 e. The Labute approximate surface area is 94.5 Å². The summed E-state index contributed by atoms with van der Waals surface area (Å²) in [5.41, 5.74) is 1.86. The van der Waals surface area contributed by atoms with E-state index in [4.69, 9.17) is 0 Å². The van der Waals surface area contributed by atoms with Gasteiger partial charge in [-0.25, -0.2) is 9.59 Å². The Balaban J connectivity index is 4.04. The van der Waals surface area contributed by atoms with E-state index in [1.54, 1.807) is 6.92 Å². The molecule has 0 aliphatic carbocycles. The first-order chi connectivity index (χ1) is 7.65.